The van der Waals surface area contributed by atoms with Crippen LogP contribution in [0.1, 0.15) is 27.2 Å². The Morgan fingerprint density at radius 3 is 2.62 bits per heavy atom. The smallest absolute Gasteiger partial charge is 0.251 e. The zero-order valence-corrected chi connectivity index (χ0v) is 14.1. The normalized spacial score (nSPS) is 10.6. The van der Waals surface area contributed by atoms with E-state index in [9.17, 15) is 4.79 Å². The summed E-state index contributed by atoms with van der Waals surface area (Å²) in [7, 11) is 1.89. The number of hydrogen-bond donors (Lipinski definition) is 1. The van der Waals surface area contributed by atoms with Crippen molar-refractivity contribution in [2.45, 2.75) is 20.4 Å². The van der Waals surface area contributed by atoms with Gasteiger partial charge < -0.3 is 5.32 Å². The first-order valence-corrected chi connectivity index (χ1v) is 7.83. The highest BCUT2D eigenvalue weighted by Gasteiger charge is 2.11. The van der Waals surface area contributed by atoms with Gasteiger partial charge in [0, 0.05) is 30.6 Å². The molecule has 5 heteroatoms. The SMILES string of the molecule is Cc1ccc(C)c(C(=O)NCc2cc(-c3ccncc3)n(C)n2)c1. The van der Waals surface area contributed by atoms with Crippen LogP contribution in [0.5, 0.6) is 0 Å². The van der Waals surface area contributed by atoms with Gasteiger partial charge in [-0.3, -0.25) is 14.5 Å². The van der Waals surface area contributed by atoms with Crippen molar-refractivity contribution in [1.82, 2.24) is 20.1 Å². The highest BCUT2D eigenvalue weighted by atomic mass is 16.1. The molecule has 3 aromatic rings. The number of hydrogen-bond acceptors (Lipinski definition) is 3. The molecule has 0 spiro atoms. The van der Waals surface area contributed by atoms with Gasteiger partial charge in [-0.1, -0.05) is 17.7 Å². The van der Waals surface area contributed by atoms with Crippen molar-refractivity contribution in [2.75, 3.05) is 0 Å². The molecule has 0 saturated carbocycles. The summed E-state index contributed by atoms with van der Waals surface area (Å²) < 4.78 is 1.81. The average molecular weight is 320 g/mol. The molecule has 0 bridgehead atoms. The molecule has 122 valence electrons. The third kappa shape index (κ3) is 3.35. The average Bonchev–Trinajstić information content (AvgIpc) is 2.96. The molecule has 0 aliphatic carbocycles. The fourth-order valence-corrected chi connectivity index (χ4v) is 2.65. The number of amides is 1. The Bertz CT molecular complexity index is 868. The number of carbonyl (C=O) groups excluding carboxylic acids is 1. The van der Waals surface area contributed by atoms with Crippen LogP contribution in [0.4, 0.5) is 0 Å². The summed E-state index contributed by atoms with van der Waals surface area (Å²) in [5.41, 5.74) is 5.61. The van der Waals surface area contributed by atoms with E-state index in [1.54, 1.807) is 12.4 Å². The maximum absolute atomic E-state index is 12.4. The predicted octanol–water partition coefficient (Wildman–Crippen LogP) is 3.03. The van der Waals surface area contributed by atoms with Gasteiger partial charge in [0.25, 0.3) is 5.91 Å². The lowest BCUT2D eigenvalue weighted by molar-refractivity contribution is 0.0949. The van der Waals surface area contributed by atoms with E-state index in [0.29, 0.717) is 12.1 Å². The minimum absolute atomic E-state index is 0.0766. The van der Waals surface area contributed by atoms with Crippen LogP contribution in [-0.2, 0) is 13.6 Å². The Morgan fingerprint density at radius 1 is 1.12 bits per heavy atom. The molecule has 24 heavy (non-hydrogen) atoms. The van der Waals surface area contributed by atoms with Gasteiger partial charge in [0.1, 0.15) is 0 Å². The topological polar surface area (TPSA) is 59.8 Å². The Kier molecular flexibility index (Phi) is 4.42. The van der Waals surface area contributed by atoms with Gasteiger partial charge in [-0.2, -0.15) is 5.10 Å². The standard InChI is InChI=1S/C19H20N4O/c1-13-4-5-14(2)17(10-13)19(24)21-12-16-11-18(23(3)22-16)15-6-8-20-9-7-15/h4-11H,12H2,1-3H3,(H,21,24). The lowest BCUT2D eigenvalue weighted by atomic mass is 10.1. The Balaban J connectivity index is 1.73. The highest BCUT2D eigenvalue weighted by molar-refractivity contribution is 5.95. The second-order valence-electron chi connectivity index (χ2n) is 5.88. The largest absolute Gasteiger partial charge is 0.346 e. The summed E-state index contributed by atoms with van der Waals surface area (Å²) in [5.74, 6) is -0.0766. The van der Waals surface area contributed by atoms with E-state index in [0.717, 1.165) is 28.1 Å². The summed E-state index contributed by atoms with van der Waals surface area (Å²) in [6.45, 7) is 4.32. The van der Waals surface area contributed by atoms with Crippen LogP contribution in [0, 0.1) is 13.8 Å². The molecule has 0 aliphatic heterocycles. The van der Waals surface area contributed by atoms with Crippen molar-refractivity contribution in [1.29, 1.82) is 0 Å². The number of aromatic nitrogens is 3. The molecule has 1 amide bonds. The van der Waals surface area contributed by atoms with E-state index in [1.807, 2.05) is 62.0 Å². The second-order valence-corrected chi connectivity index (χ2v) is 5.88. The molecule has 1 aromatic carbocycles. The van der Waals surface area contributed by atoms with Gasteiger partial charge >= 0.3 is 0 Å². The minimum atomic E-state index is -0.0766. The summed E-state index contributed by atoms with van der Waals surface area (Å²) in [6, 6.07) is 11.7. The molecule has 3 rings (SSSR count). The van der Waals surface area contributed by atoms with E-state index in [-0.39, 0.29) is 5.91 Å². The molecular weight excluding hydrogens is 300 g/mol. The van der Waals surface area contributed by atoms with Crippen LogP contribution >= 0.6 is 0 Å². The zero-order chi connectivity index (χ0) is 17.1. The number of carbonyl (C=O) groups is 1. The van der Waals surface area contributed by atoms with E-state index in [1.165, 1.54) is 0 Å². The quantitative estimate of drug-likeness (QED) is 0.804. The number of rotatable bonds is 4. The van der Waals surface area contributed by atoms with E-state index < -0.39 is 0 Å². The zero-order valence-electron chi connectivity index (χ0n) is 14.1. The van der Waals surface area contributed by atoms with Crippen LogP contribution in [0.25, 0.3) is 11.3 Å². The summed E-state index contributed by atoms with van der Waals surface area (Å²) in [6.07, 6.45) is 3.51. The maximum Gasteiger partial charge on any atom is 0.251 e. The third-order valence-electron chi connectivity index (χ3n) is 3.97. The maximum atomic E-state index is 12.4. The molecule has 1 N–H and O–H groups in total. The second kappa shape index (κ2) is 6.66. The van der Waals surface area contributed by atoms with E-state index in [4.69, 9.17) is 0 Å². The first-order valence-electron chi connectivity index (χ1n) is 7.83. The van der Waals surface area contributed by atoms with E-state index >= 15 is 0 Å². The van der Waals surface area contributed by atoms with Gasteiger partial charge in [0.05, 0.1) is 17.9 Å². The molecule has 0 saturated heterocycles. The highest BCUT2D eigenvalue weighted by Crippen LogP contribution is 2.19. The molecular formula is C19H20N4O. The van der Waals surface area contributed by atoms with Crippen LogP contribution in [0.3, 0.4) is 0 Å². The fraction of sp³-hybridized carbons (Fsp3) is 0.211. The first-order chi connectivity index (χ1) is 11.5. The number of nitrogens with one attached hydrogen (secondary N) is 1. The van der Waals surface area contributed by atoms with Crippen molar-refractivity contribution in [2.24, 2.45) is 7.05 Å². The Hall–Kier alpha value is -2.95. The van der Waals surface area contributed by atoms with Crippen molar-refractivity contribution in [3.8, 4) is 11.3 Å². The molecule has 0 radical (unpaired) electrons. The van der Waals surface area contributed by atoms with Gasteiger partial charge in [-0.05, 0) is 43.7 Å². The van der Waals surface area contributed by atoms with Gasteiger partial charge in [-0.25, -0.2) is 0 Å². The van der Waals surface area contributed by atoms with E-state index in [2.05, 4.69) is 15.4 Å². The van der Waals surface area contributed by atoms with Gasteiger partial charge in [0.2, 0.25) is 0 Å². The summed E-state index contributed by atoms with van der Waals surface area (Å²) >= 11 is 0. The first kappa shape index (κ1) is 15.9. The summed E-state index contributed by atoms with van der Waals surface area (Å²) in [4.78, 5) is 16.4. The molecule has 0 fully saturated rings. The van der Waals surface area contributed by atoms with Crippen LogP contribution in [0.15, 0.2) is 48.8 Å². The molecule has 0 atom stereocenters. The van der Waals surface area contributed by atoms with Crippen molar-refractivity contribution >= 4 is 5.91 Å². The van der Waals surface area contributed by atoms with Gasteiger partial charge in [-0.15, -0.1) is 0 Å². The fourth-order valence-electron chi connectivity index (χ4n) is 2.65. The lowest BCUT2D eigenvalue weighted by Gasteiger charge is -2.07. The van der Waals surface area contributed by atoms with Crippen molar-refractivity contribution < 1.29 is 4.79 Å². The van der Waals surface area contributed by atoms with Gasteiger partial charge in [0.15, 0.2) is 0 Å². The lowest BCUT2D eigenvalue weighted by Crippen LogP contribution is -2.24. The molecule has 2 heterocycles. The molecule has 0 aliphatic rings. The van der Waals surface area contributed by atoms with Crippen LogP contribution < -0.4 is 5.32 Å². The number of nitrogens with zero attached hydrogens (tertiary/aromatic N) is 3. The molecule has 5 nitrogen and oxygen atoms in total. The summed E-state index contributed by atoms with van der Waals surface area (Å²) in [5, 5.41) is 7.42. The Labute approximate surface area is 141 Å². The molecule has 0 unspecified atom stereocenters. The van der Waals surface area contributed by atoms with Crippen LogP contribution in [-0.4, -0.2) is 20.7 Å². The number of aryl methyl sites for hydroxylation is 3. The Morgan fingerprint density at radius 2 is 1.88 bits per heavy atom. The monoisotopic (exact) mass is 320 g/mol. The third-order valence-corrected chi connectivity index (χ3v) is 3.97. The molecule has 2 aromatic heterocycles. The predicted molar refractivity (Wildman–Crippen MR) is 93.5 cm³/mol. The number of pyridine rings is 1. The van der Waals surface area contributed by atoms with Crippen LogP contribution in [0.2, 0.25) is 0 Å². The minimum Gasteiger partial charge on any atom is -0.346 e. The van der Waals surface area contributed by atoms with Crippen molar-refractivity contribution in [3.63, 3.8) is 0 Å². The number of benzene rings is 1. The van der Waals surface area contributed by atoms with Crippen molar-refractivity contribution in [3.05, 3.63) is 71.2 Å².